The van der Waals surface area contributed by atoms with Crippen molar-refractivity contribution in [1.82, 2.24) is 5.32 Å². The average Bonchev–Trinajstić information content (AvgIpc) is 2.35. The lowest BCUT2D eigenvalue weighted by Gasteiger charge is -2.09. The van der Waals surface area contributed by atoms with Crippen LogP contribution in [0.4, 0.5) is 5.69 Å². The van der Waals surface area contributed by atoms with Crippen LogP contribution in [0.1, 0.15) is 13.8 Å². The number of carbonyl (C=O) groups is 1. The Morgan fingerprint density at radius 3 is 2.79 bits per heavy atom. The van der Waals surface area contributed by atoms with Gasteiger partial charge in [-0.1, -0.05) is 25.4 Å². The lowest BCUT2D eigenvalue weighted by atomic mass is 10.2. The van der Waals surface area contributed by atoms with Gasteiger partial charge in [0.1, 0.15) is 5.75 Å². The zero-order chi connectivity index (χ0) is 14.4. The van der Waals surface area contributed by atoms with Crippen LogP contribution in [0.15, 0.2) is 18.2 Å². The Kier molecular flexibility index (Phi) is 5.57. The Labute approximate surface area is 115 Å². The SMILES string of the molecule is CC(C)CNC(=O)COc1cc([N+](=O)[O-])ccc1Cl. The van der Waals surface area contributed by atoms with E-state index in [-0.39, 0.29) is 29.0 Å². The molecule has 0 heterocycles. The number of carbonyl (C=O) groups excluding carboxylic acids is 1. The van der Waals surface area contributed by atoms with Crippen molar-refractivity contribution in [3.8, 4) is 5.75 Å². The highest BCUT2D eigenvalue weighted by Gasteiger charge is 2.12. The number of amides is 1. The Morgan fingerprint density at radius 1 is 1.53 bits per heavy atom. The number of benzene rings is 1. The topological polar surface area (TPSA) is 81.5 Å². The van der Waals surface area contributed by atoms with Crippen LogP contribution in [0.25, 0.3) is 0 Å². The van der Waals surface area contributed by atoms with E-state index in [2.05, 4.69) is 5.32 Å². The van der Waals surface area contributed by atoms with Gasteiger partial charge in [-0.25, -0.2) is 0 Å². The molecule has 0 unspecified atom stereocenters. The number of rotatable bonds is 6. The third-order valence-electron chi connectivity index (χ3n) is 2.19. The number of nitro benzene ring substituents is 1. The predicted molar refractivity (Wildman–Crippen MR) is 71.4 cm³/mol. The highest BCUT2D eigenvalue weighted by atomic mass is 35.5. The zero-order valence-electron chi connectivity index (χ0n) is 10.7. The van der Waals surface area contributed by atoms with Gasteiger partial charge in [-0.05, 0) is 12.0 Å². The van der Waals surface area contributed by atoms with E-state index in [1.165, 1.54) is 18.2 Å². The van der Waals surface area contributed by atoms with E-state index in [1.807, 2.05) is 13.8 Å². The smallest absolute Gasteiger partial charge is 0.273 e. The molecule has 0 aromatic heterocycles. The molecule has 0 fully saturated rings. The number of hydrogen-bond donors (Lipinski definition) is 1. The average molecular weight is 287 g/mol. The van der Waals surface area contributed by atoms with Gasteiger partial charge in [0.2, 0.25) is 0 Å². The van der Waals surface area contributed by atoms with Crippen LogP contribution in [0, 0.1) is 16.0 Å². The molecule has 7 heteroatoms. The van der Waals surface area contributed by atoms with E-state index >= 15 is 0 Å². The Hall–Kier alpha value is -1.82. The summed E-state index contributed by atoms with van der Waals surface area (Å²) in [7, 11) is 0. The Bertz CT molecular complexity index is 477. The number of nitro groups is 1. The normalized spacial score (nSPS) is 10.3. The van der Waals surface area contributed by atoms with Gasteiger partial charge in [0, 0.05) is 12.6 Å². The summed E-state index contributed by atoms with van der Waals surface area (Å²) in [4.78, 5) is 21.5. The fourth-order valence-electron chi connectivity index (χ4n) is 1.23. The van der Waals surface area contributed by atoms with E-state index in [0.717, 1.165) is 0 Å². The lowest BCUT2D eigenvalue weighted by molar-refractivity contribution is -0.384. The summed E-state index contributed by atoms with van der Waals surface area (Å²) < 4.78 is 5.17. The molecule has 6 nitrogen and oxygen atoms in total. The molecule has 1 rings (SSSR count). The summed E-state index contributed by atoms with van der Waals surface area (Å²) in [5.74, 6) is 0.164. The predicted octanol–water partition coefficient (Wildman–Crippen LogP) is 2.40. The summed E-state index contributed by atoms with van der Waals surface area (Å²) in [6.07, 6.45) is 0. The molecule has 0 saturated heterocycles. The maximum atomic E-state index is 11.4. The Morgan fingerprint density at radius 2 is 2.21 bits per heavy atom. The molecule has 0 aliphatic heterocycles. The minimum atomic E-state index is -0.554. The van der Waals surface area contributed by atoms with Crippen molar-refractivity contribution in [2.75, 3.05) is 13.2 Å². The summed E-state index contributed by atoms with van der Waals surface area (Å²) in [5.41, 5.74) is -0.137. The first-order chi connectivity index (χ1) is 8.90. The van der Waals surface area contributed by atoms with Crippen molar-refractivity contribution in [2.24, 2.45) is 5.92 Å². The monoisotopic (exact) mass is 286 g/mol. The summed E-state index contributed by atoms with van der Waals surface area (Å²) >= 11 is 5.83. The van der Waals surface area contributed by atoms with E-state index in [0.29, 0.717) is 12.5 Å². The van der Waals surface area contributed by atoms with Crippen LogP contribution in [-0.4, -0.2) is 24.0 Å². The number of nitrogens with zero attached hydrogens (tertiary/aromatic N) is 1. The van der Waals surface area contributed by atoms with Crippen LogP contribution in [-0.2, 0) is 4.79 Å². The molecule has 0 bridgehead atoms. The second-order valence-electron chi connectivity index (χ2n) is 4.36. The highest BCUT2D eigenvalue weighted by Crippen LogP contribution is 2.28. The largest absolute Gasteiger partial charge is 0.482 e. The van der Waals surface area contributed by atoms with Crippen molar-refractivity contribution < 1.29 is 14.5 Å². The fourth-order valence-corrected chi connectivity index (χ4v) is 1.40. The third-order valence-corrected chi connectivity index (χ3v) is 2.50. The van der Waals surface area contributed by atoms with Crippen LogP contribution in [0.3, 0.4) is 0 Å². The molecule has 1 aromatic carbocycles. The minimum absolute atomic E-state index is 0.121. The summed E-state index contributed by atoms with van der Waals surface area (Å²) in [6.45, 7) is 4.26. The zero-order valence-corrected chi connectivity index (χ0v) is 11.4. The van der Waals surface area contributed by atoms with Gasteiger partial charge in [0.15, 0.2) is 6.61 Å². The van der Waals surface area contributed by atoms with Crippen molar-refractivity contribution in [1.29, 1.82) is 0 Å². The molecule has 1 amide bonds. The van der Waals surface area contributed by atoms with Crippen LogP contribution < -0.4 is 10.1 Å². The van der Waals surface area contributed by atoms with Gasteiger partial charge < -0.3 is 10.1 Å². The molecule has 1 N–H and O–H groups in total. The molecular weight excluding hydrogens is 272 g/mol. The van der Waals surface area contributed by atoms with Gasteiger partial charge in [0.25, 0.3) is 11.6 Å². The number of hydrogen-bond acceptors (Lipinski definition) is 4. The van der Waals surface area contributed by atoms with Gasteiger partial charge in [-0.15, -0.1) is 0 Å². The lowest BCUT2D eigenvalue weighted by Crippen LogP contribution is -2.31. The maximum Gasteiger partial charge on any atom is 0.273 e. The van der Waals surface area contributed by atoms with Crippen molar-refractivity contribution >= 4 is 23.2 Å². The molecule has 0 atom stereocenters. The first-order valence-electron chi connectivity index (χ1n) is 5.73. The van der Waals surface area contributed by atoms with Gasteiger partial charge in [-0.3, -0.25) is 14.9 Å². The number of ether oxygens (including phenoxy) is 1. The molecule has 0 aliphatic rings. The molecule has 1 aromatic rings. The molecule has 0 saturated carbocycles. The summed E-state index contributed by atoms with van der Waals surface area (Å²) in [5, 5.41) is 13.5. The van der Waals surface area contributed by atoms with Crippen LogP contribution in [0.2, 0.25) is 5.02 Å². The van der Waals surface area contributed by atoms with Gasteiger partial charge >= 0.3 is 0 Å². The molecular formula is C12H15ClN2O4. The highest BCUT2D eigenvalue weighted by molar-refractivity contribution is 6.32. The number of non-ortho nitro benzene ring substituents is 1. The molecule has 19 heavy (non-hydrogen) atoms. The fraction of sp³-hybridized carbons (Fsp3) is 0.417. The minimum Gasteiger partial charge on any atom is -0.482 e. The quantitative estimate of drug-likeness (QED) is 0.643. The van der Waals surface area contributed by atoms with E-state index in [4.69, 9.17) is 16.3 Å². The molecule has 104 valence electrons. The van der Waals surface area contributed by atoms with E-state index < -0.39 is 4.92 Å². The molecule has 0 spiro atoms. The number of nitrogens with one attached hydrogen (secondary N) is 1. The summed E-state index contributed by atoms with van der Waals surface area (Å²) in [6, 6.07) is 3.83. The van der Waals surface area contributed by atoms with Crippen LogP contribution >= 0.6 is 11.6 Å². The first-order valence-corrected chi connectivity index (χ1v) is 6.11. The number of halogens is 1. The van der Waals surface area contributed by atoms with Crippen molar-refractivity contribution in [3.05, 3.63) is 33.3 Å². The van der Waals surface area contributed by atoms with Crippen molar-refractivity contribution in [3.63, 3.8) is 0 Å². The van der Waals surface area contributed by atoms with Crippen molar-refractivity contribution in [2.45, 2.75) is 13.8 Å². The second kappa shape index (κ2) is 6.94. The van der Waals surface area contributed by atoms with Gasteiger partial charge in [0.05, 0.1) is 16.0 Å². The third kappa shape index (κ3) is 5.13. The first kappa shape index (κ1) is 15.2. The maximum absolute atomic E-state index is 11.4. The molecule has 0 aliphatic carbocycles. The van der Waals surface area contributed by atoms with E-state index in [1.54, 1.807) is 0 Å². The van der Waals surface area contributed by atoms with E-state index in [9.17, 15) is 14.9 Å². The van der Waals surface area contributed by atoms with Crippen LogP contribution in [0.5, 0.6) is 5.75 Å². The second-order valence-corrected chi connectivity index (χ2v) is 4.77. The Balaban J connectivity index is 2.59. The standard InChI is InChI=1S/C12H15ClN2O4/c1-8(2)6-14-12(16)7-19-11-5-9(15(17)18)3-4-10(11)13/h3-5,8H,6-7H2,1-2H3,(H,14,16). The molecule has 0 radical (unpaired) electrons. The van der Waals surface area contributed by atoms with Gasteiger partial charge in [-0.2, -0.15) is 0 Å².